The molecule has 1 fully saturated rings. The van der Waals surface area contributed by atoms with Crippen molar-refractivity contribution in [1.29, 1.82) is 0 Å². The van der Waals surface area contributed by atoms with Crippen molar-refractivity contribution >= 4 is 17.6 Å². The second-order valence-corrected chi connectivity index (χ2v) is 5.72. The van der Waals surface area contributed by atoms with Crippen molar-refractivity contribution in [3.63, 3.8) is 0 Å². The van der Waals surface area contributed by atoms with Gasteiger partial charge in [-0.2, -0.15) is 0 Å². The van der Waals surface area contributed by atoms with Crippen molar-refractivity contribution in [3.05, 3.63) is 29.3 Å². The maximum Gasteiger partial charge on any atom is 0.325 e. The van der Waals surface area contributed by atoms with Gasteiger partial charge in [0.1, 0.15) is 5.54 Å². The minimum atomic E-state index is -1.24. The minimum Gasteiger partial charge on any atom is -0.480 e. The Bertz CT molecular complexity index is 573. The molecule has 0 aromatic heterocycles. The number of benzene rings is 1. The number of hydrogen-bond donors (Lipinski definition) is 3. The molecule has 1 aliphatic rings. The second kappa shape index (κ2) is 5.83. The Labute approximate surface area is 123 Å². The van der Waals surface area contributed by atoms with Gasteiger partial charge in [-0.1, -0.05) is 12.1 Å². The van der Waals surface area contributed by atoms with Gasteiger partial charge in [-0.3, -0.25) is 14.5 Å². The summed E-state index contributed by atoms with van der Waals surface area (Å²) in [7, 11) is 0. The van der Waals surface area contributed by atoms with E-state index in [2.05, 4.69) is 5.32 Å². The lowest BCUT2D eigenvalue weighted by Crippen LogP contribution is -2.50. The summed E-state index contributed by atoms with van der Waals surface area (Å²) >= 11 is 0. The Kier molecular flexibility index (Phi) is 4.29. The average molecular weight is 291 g/mol. The number of carbonyl (C=O) groups is 2. The Morgan fingerprint density at radius 2 is 2.14 bits per heavy atom. The molecule has 0 radical (unpaired) electrons. The molecule has 114 valence electrons. The molecular formula is C15H21N3O3. The van der Waals surface area contributed by atoms with Gasteiger partial charge in [-0.05, 0) is 37.5 Å². The minimum absolute atomic E-state index is 0.152. The van der Waals surface area contributed by atoms with Crippen LogP contribution in [0.2, 0.25) is 0 Å². The van der Waals surface area contributed by atoms with Crippen LogP contribution in [0.1, 0.15) is 17.5 Å². The fourth-order valence-electron chi connectivity index (χ4n) is 2.50. The third-order valence-electron chi connectivity index (χ3n) is 4.05. The highest BCUT2D eigenvalue weighted by atomic mass is 16.4. The van der Waals surface area contributed by atoms with Crippen LogP contribution in [-0.2, 0) is 9.59 Å². The van der Waals surface area contributed by atoms with Crippen LogP contribution in [0.4, 0.5) is 5.69 Å². The van der Waals surface area contributed by atoms with Crippen LogP contribution in [0.5, 0.6) is 0 Å². The van der Waals surface area contributed by atoms with Crippen LogP contribution in [0.3, 0.4) is 0 Å². The SMILES string of the molecule is Cc1cccc(NC(=O)CN2CCC(N)(C(=O)O)C2)c1C. The molecule has 1 aromatic carbocycles. The Morgan fingerprint density at radius 1 is 1.43 bits per heavy atom. The molecule has 1 atom stereocenters. The first-order valence-corrected chi connectivity index (χ1v) is 6.92. The van der Waals surface area contributed by atoms with Crippen LogP contribution in [0.15, 0.2) is 18.2 Å². The zero-order chi connectivity index (χ0) is 15.6. The molecule has 0 bridgehead atoms. The standard InChI is InChI=1S/C15H21N3O3/c1-10-4-3-5-12(11(10)2)17-13(19)8-18-7-6-15(16,9-18)14(20)21/h3-5H,6-9,16H2,1-2H3,(H,17,19)(H,20,21). The van der Waals surface area contributed by atoms with Crippen LogP contribution < -0.4 is 11.1 Å². The largest absolute Gasteiger partial charge is 0.480 e. The molecular weight excluding hydrogens is 270 g/mol. The Balaban J connectivity index is 1.94. The predicted octanol–water partition coefficient (Wildman–Crippen LogP) is 0.730. The molecule has 2 rings (SSSR count). The fourth-order valence-corrected chi connectivity index (χ4v) is 2.50. The monoisotopic (exact) mass is 291 g/mol. The average Bonchev–Trinajstić information content (AvgIpc) is 2.78. The molecule has 1 amide bonds. The van der Waals surface area contributed by atoms with Crippen molar-refractivity contribution in [2.75, 3.05) is 25.0 Å². The lowest BCUT2D eigenvalue weighted by molar-refractivity contribution is -0.143. The molecule has 6 nitrogen and oxygen atoms in total. The quantitative estimate of drug-likeness (QED) is 0.760. The summed E-state index contributed by atoms with van der Waals surface area (Å²) in [6.07, 6.45) is 0.360. The van der Waals surface area contributed by atoms with E-state index in [-0.39, 0.29) is 19.0 Å². The van der Waals surface area contributed by atoms with Gasteiger partial charge >= 0.3 is 5.97 Å². The van der Waals surface area contributed by atoms with Gasteiger partial charge in [0.25, 0.3) is 0 Å². The molecule has 6 heteroatoms. The molecule has 1 aliphatic heterocycles. The first-order chi connectivity index (χ1) is 9.82. The molecule has 21 heavy (non-hydrogen) atoms. The van der Waals surface area contributed by atoms with Gasteiger partial charge in [0.15, 0.2) is 0 Å². The number of carboxylic acids is 1. The summed E-state index contributed by atoms with van der Waals surface area (Å²) in [5.74, 6) is -1.17. The summed E-state index contributed by atoms with van der Waals surface area (Å²) in [6, 6.07) is 5.74. The number of nitrogens with zero attached hydrogens (tertiary/aromatic N) is 1. The number of hydrogen-bond acceptors (Lipinski definition) is 4. The topological polar surface area (TPSA) is 95.7 Å². The number of rotatable bonds is 4. The molecule has 4 N–H and O–H groups in total. The summed E-state index contributed by atoms with van der Waals surface area (Å²) in [5.41, 5.74) is 7.49. The molecule has 1 saturated heterocycles. The highest BCUT2D eigenvalue weighted by Crippen LogP contribution is 2.20. The Morgan fingerprint density at radius 3 is 2.76 bits per heavy atom. The lowest BCUT2D eigenvalue weighted by Gasteiger charge is -2.20. The number of anilines is 1. The molecule has 1 aromatic rings. The van der Waals surface area contributed by atoms with Crippen molar-refractivity contribution < 1.29 is 14.7 Å². The molecule has 1 unspecified atom stereocenters. The van der Waals surface area contributed by atoms with Crippen LogP contribution in [-0.4, -0.2) is 47.1 Å². The number of likely N-dealkylation sites (tertiary alicyclic amines) is 1. The van der Waals surface area contributed by atoms with Crippen LogP contribution in [0.25, 0.3) is 0 Å². The summed E-state index contributed by atoms with van der Waals surface area (Å²) < 4.78 is 0. The number of carbonyl (C=O) groups excluding carboxylic acids is 1. The molecule has 1 heterocycles. The van der Waals surface area contributed by atoms with E-state index in [1.807, 2.05) is 32.0 Å². The van der Waals surface area contributed by atoms with Crippen molar-refractivity contribution in [1.82, 2.24) is 4.90 Å². The zero-order valence-corrected chi connectivity index (χ0v) is 12.3. The normalized spacial score (nSPS) is 22.2. The third kappa shape index (κ3) is 3.40. The van der Waals surface area contributed by atoms with E-state index in [4.69, 9.17) is 10.8 Å². The maximum absolute atomic E-state index is 12.1. The number of amides is 1. The van der Waals surface area contributed by atoms with E-state index in [0.717, 1.165) is 16.8 Å². The number of aliphatic carboxylic acids is 1. The summed E-state index contributed by atoms with van der Waals surface area (Å²) in [5, 5.41) is 11.9. The smallest absolute Gasteiger partial charge is 0.325 e. The van der Waals surface area contributed by atoms with E-state index < -0.39 is 11.5 Å². The van der Waals surface area contributed by atoms with Gasteiger partial charge < -0.3 is 16.2 Å². The molecule has 0 spiro atoms. The molecule has 0 aliphatic carbocycles. The van der Waals surface area contributed by atoms with Crippen LogP contribution in [0, 0.1) is 13.8 Å². The highest BCUT2D eigenvalue weighted by molar-refractivity contribution is 5.93. The first-order valence-electron chi connectivity index (χ1n) is 6.92. The first kappa shape index (κ1) is 15.5. The summed E-state index contributed by atoms with van der Waals surface area (Å²) in [4.78, 5) is 24.9. The van der Waals surface area contributed by atoms with E-state index in [1.165, 1.54) is 0 Å². The zero-order valence-electron chi connectivity index (χ0n) is 12.3. The lowest BCUT2D eigenvalue weighted by atomic mass is 10.0. The van der Waals surface area contributed by atoms with E-state index in [9.17, 15) is 9.59 Å². The Hall–Kier alpha value is -1.92. The van der Waals surface area contributed by atoms with Crippen molar-refractivity contribution in [2.24, 2.45) is 5.73 Å². The number of aryl methyl sites for hydroxylation is 1. The van der Waals surface area contributed by atoms with Gasteiger partial charge in [-0.15, -0.1) is 0 Å². The van der Waals surface area contributed by atoms with Gasteiger partial charge in [-0.25, -0.2) is 0 Å². The van der Waals surface area contributed by atoms with E-state index in [1.54, 1.807) is 4.90 Å². The number of nitrogens with one attached hydrogen (secondary N) is 1. The predicted molar refractivity (Wildman–Crippen MR) is 80.2 cm³/mol. The highest BCUT2D eigenvalue weighted by Gasteiger charge is 2.41. The fraction of sp³-hybridized carbons (Fsp3) is 0.467. The maximum atomic E-state index is 12.1. The van der Waals surface area contributed by atoms with E-state index in [0.29, 0.717) is 13.0 Å². The van der Waals surface area contributed by atoms with Gasteiger partial charge in [0, 0.05) is 18.8 Å². The van der Waals surface area contributed by atoms with Gasteiger partial charge in [0.05, 0.1) is 6.54 Å². The number of nitrogens with two attached hydrogens (primary N) is 1. The van der Waals surface area contributed by atoms with Crippen LogP contribution >= 0.6 is 0 Å². The summed E-state index contributed by atoms with van der Waals surface area (Å²) in [6.45, 7) is 4.81. The van der Waals surface area contributed by atoms with E-state index >= 15 is 0 Å². The second-order valence-electron chi connectivity index (χ2n) is 5.72. The van der Waals surface area contributed by atoms with Gasteiger partial charge in [0.2, 0.25) is 5.91 Å². The third-order valence-corrected chi connectivity index (χ3v) is 4.05. The number of carboxylic acid groups (broad SMARTS) is 1. The van der Waals surface area contributed by atoms with Crippen molar-refractivity contribution in [3.8, 4) is 0 Å². The van der Waals surface area contributed by atoms with Crippen molar-refractivity contribution in [2.45, 2.75) is 25.8 Å². The molecule has 0 saturated carbocycles.